The number of hydrogen-bond acceptors (Lipinski definition) is 3. The molecule has 0 atom stereocenters. The summed E-state index contributed by atoms with van der Waals surface area (Å²) in [4.78, 5) is 12.6. The van der Waals surface area contributed by atoms with Gasteiger partial charge in [0.1, 0.15) is 4.90 Å². The van der Waals surface area contributed by atoms with Crippen LogP contribution in [0.15, 0.2) is 76.1 Å². The first-order chi connectivity index (χ1) is 12.9. The summed E-state index contributed by atoms with van der Waals surface area (Å²) in [5, 5.41) is 1.91. The van der Waals surface area contributed by atoms with Crippen molar-refractivity contribution in [1.29, 1.82) is 0 Å². The molecule has 1 amide bonds. The Bertz CT molecular complexity index is 1310. The van der Waals surface area contributed by atoms with Gasteiger partial charge in [-0.2, -0.15) is 0 Å². The molecule has 0 radical (unpaired) electrons. The van der Waals surface area contributed by atoms with Gasteiger partial charge in [-0.05, 0) is 52.3 Å². The number of hydrogen-bond donors (Lipinski definition) is 1. The van der Waals surface area contributed by atoms with Crippen LogP contribution in [-0.2, 0) is 17.1 Å². The predicted octanol–water partition coefficient (Wildman–Crippen LogP) is 4.21. The molecule has 4 aromatic rings. The van der Waals surface area contributed by atoms with Crippen LogP contribution in [0.3, 0.4) is 0 Å². The highest BCUT2D eigenvalue weighted by Gasteiger charge is 2.21. The van der Waals surface area contributed by atoms with Crippen LogP contribution in [-0.4, -0.2) is 18.9 Å². The van der Waals surface area contributed by atoms with Crippen molar-refractivity contribution in [2.24, 2.45) is 7.05 Å². The first kappa shape index (κ1) is 17.8. The second-order valence-corrected chi connectivity index (χ2v) is 8.68. The molecule has 1 heterocycles. The summed E-state index contributed by atoms with van der Waals surface area (Å²) in [6, 6.07) is 19.4. The van der Waals surface area contributed by atoms with Crippen LogP contribution >= 0.6 is 15.9 Å². The summed E-state index contributed by atoms with van der Waals surface area (Å²) >= 11 is 3.21. The summed E-state index contributed by atoms with van der Waals surface area (Å²) in [5.41, 5.74) is 2.31. The van der Waals surface area contributed by atoms with Gasteiger partial charge in [-0.25, -0.2) is 13.1 Å². The van der Waals surface area contributed by atoms with Gasteiger partial charge in [-0.15, -0.1) is 0 Å². The number of nitrogens with zero attached hydrogens (tertiary/aromatic N) is 1. The summed E-state index contributed by atoms with van der Waals surface area (Å²) in [6.45, 7) is 0. The van der Waals surface area contributed by atoms with Crippen LogP contribution in [0, 0.1) is 0 Å². The smallest absolute Gasteiger partial charge is 0.265 e. The van der Waals surface area contributed by atoms with Gasteiger partial charge in [0.2, 0.25) is 0 Å². The Morgan fingerprint density at radius 1 is 0.926 bits per heavy atom. The van der Waals surface area contributed by atoms with Crippen molar-refractivity contribution < 1.29 is 13.2 Å². The van der Waals surface area contributed by atoms with Crippen molar-refractivity contribution in [3.8, 4) is 0 Å². The molecule has 0 saturated carbocycles. The predicted molar refractivity (Wildman–Crippen MR) is 109 cm³/mol. The number of fused-ring (bicyclic) bond motifs is 3. The average molecular weight is 443 g/mol. The number of rotatable bonds is 3. The highest BCUT2D eigenvalue weighted by atomic mass is 79.9. The summed E-state index contributed by atoms with van der Waals surface area (Å²) in [5.74, 6) is -0.666. The molecule has 1 aromatic heterocycles. The maximum Gasteiger partial charge on any atom is 0.265 e. The second-order valence-electron chi connectivity index (χ2n) is 6.17. The minimum Gasteiger partial charge on any atom is -0.344 e. The highest BCUT2D eigenvalue weighted by molar-refractivity contribution is 9.10. The van der Waals surface area contributed by atoms with E-state index in [1.807, 2.05) is 41.9 Å². The highest BCUT2D eigenvalue weighted by Crippen LogP contribution is 2.29. The molecule has 0 fully saturated rings. The number of para-hydroxylation sites is 1. The molecule has 27 heavy (non-hydrogen) atoms. The molecule has 3 aromatic carbocycles. The van der Waals surface area contributed by atoms with E-state index in [4.69, 9.17) is 0 Å². The van der Waals surface area contributed by atoms with Gasteiger partial charge < -0.3 is 4.57 Å². The lowest BCUT2D eigenvalue weighted by molar-refractivity contribution is 0.0981. The molecule has 0 bridgehead atoms. The number of carbonyl (C=O) groups excluding carboxylic acids is 1. The van der Waals surface area contributed by atoms with Gasteiger partial charge in [0, 0.05) is 38.9 Å². The van der Waals surface area contributed by atoms with Crippen LogP contribution in [0.5, 0.6) is 0 Å². The molecule has 0 aliphatic heterocycles. The lowest BCUT2D eigenvalue weighted by Gasteiger charge is -2.09. The first-order valence-electron chi connectivity index (χ1n) is 8.17. The molecule has 0 aliphatic carbocycles. The number of halogens is 1. The fraction of sp³-hybridized carbons (Fsp3) is 0.0500. The number of aromatic nitrogens is 1. The van der Waals surface area contributed by atoms with Gasteiger partial charge in [0.25, 0.3) is 15.9 Å². The lowest BCUT2D eigenvalue weighted by Crippen LogP contribution is -2.30. The lowest BCUT2D eigenvalue weighted by atomic mass is 10.1. The van der Waals surface area contributed by atoms with Crippen LogP contribution in [0.1, 0.15) is 10.4 Å². The van der Waals surface area contributed by atoms with Crippen LogP contribution < -0.4 is 4.72 Å². The Kier molecular flexibility index (Phi) is 4.28. The number of amides is 1. The van der Waals surface area contributed by atoms with E-state index in [1.54, 1.807) is 30.3 Å². The molecular formula is C20H15BrN2O3S. The summed E-state index contributed by atoms with van der Waals surface area (Å²) in [6.07, 6.45) is 0. The Balaban J connectivity index is 1.75. The Hall–Kier alpha value is -2.64. The SMILES string of the molecule is Cn1c2ccccc2c2cc(C(=O)NS(=O)(=O)c3ccccc3Br)ccc21. The maximum absolute atomic E-state index is 12.6. The molecule has 136 valence electrons. The standard InChI is InChI=1S/C20H15BrN2O3S/c1-23-17-8-4-2-6-14(17)15-12-13(10-11-18(15)23)20(24)22-27(25,26)19-9-5-3-7-16(19)21/h2-12H,1H3,(H,22,24). The van der Waals surface area contributed by atoms with Crippen LogP contribution in [0.2, 0.25) is 0 Å². The maximum atomic E-state index is 12.6. The topological polar surface area (TPSA) is 68.2 Å². The number of sulfonamides is 1. The molecule has 1 N–H and O–H groups in total. The first-order valence-corrected chi connectivity index (χ1v) is 10.4. The zero-order valence-corrected chi connectivity index (χ0v) is 16.7. The van der Waals surface area contributed by atoms with E-state index in [-0.39, 0.29) is 10.5 Å². The molecular weight excluding hydrogens is 428 g/mol. The normalized spacial score (nSPS) is 11.8. The van der Waals surface area contributed by atoms with E-state index in [0.717, 1.165) is 21.8 Å². The Morgan fingerprint density at radius 2 is 1.59 bits per heavy atom. The third-order valence-electron chi connectivity index (χ3n) is 4.53. The zero-order valence-electron chi connectivity index (χ0n) is 14.3. The molecule has 0 spiro atoms. The largest absolute Gasteiger partial charge is 0.344 e. The molecule has 7 heteroatoms. The molecule has 4 rings (SSSR count). The van der Waals surface area contributed by atoms with Crippen molar-refractivity contribution in [1.82, 2.24) is 9.29 Å². The minimum atomic E-state index is -3.98. The summed E-state index contributed by atoms with van der Waals surface area (Å²) < 4.78 is 29.7. The van der Waals surface area contributed by atoms with E-state index < -0.39 is 15.9 Å². The summed E-state index contributed by atoms with van der Waals surface area (Å²) in [7, 11) is -2.02. The van der Waals surface area contributed by atoms with Crippen molar-refractivity contribution in [3.05, 3.63) is 76.8 Å². The molecule has 0 saturated heterocycles. The quantitative estimate of drug-likeness (QED) is 0.516. The number of carbonyl (C=O) groups is 1. The monoisotopic (exact) mass is 442 g/mol. The third kappa shape index (κ3) is 3.02. The fourth-order valence-electron chi connectivity index (χ4n) is 3.21. The van der Waals surface area contributed by atoms with Crippen LogP contribution in [0.25, 0.3) is 21.8 Å². The zero-order chi connectivity index (χ0) is 19.2. The van der Waals surface area contributed by atoms with Gasteiger partial charge in [0.15, 0.2) is 0 Å². The van der Waals surface area contributed by atoms with Crippen molar-refractivity contribution in [2.45, 2.75) is 4.90 Å². The Labute approximate surface area is 164 Å². The van der Waals surface area contributed by atoms with E-state index in [1.165, 1.54) is 6.07 Å². The van der Waals surface area contributed by atoms with Gasteiger partial charge in [-0.3, -0.25) is 4.79 Å². The second kappa shape index (κ2) is 6.51. The molecule has 0 unspecified atom stereocenters. The number of aryl methyl sites for hydroxylation is 1. The molecule has 5 nitrogen and oxygen atoms in total. The number of benzene rings is 3. The van der Waals surface area contributed by atoms with Crippen molar-refractivity contribution in [2.75, 3.05) is 0 Å². The van der Waals surface area contributed by atoms with Crippen molar-refractivity contribution >= 4 is 53.7 Å². The van der Waals surface area contributed by atoms with E-state index in [9.17, 15) is 13.2 Å². The van der Waals surface area contributed by atoms with Crippen LogP contribution in [0.4, 0.5) is 0 Å². The van der Waals surface area contributed by atoms with E-state index >= 15 is 0 Å². The third-order valence-corrected chi connectivity index (χ3v) is 6.87. The minimum absolute atomic E-state index is 0.0181. The van der Waals surface area contributed by atoms with E-state index in [2.05, 4.69) is 20.7 Å². The van der Waals surface area contributed by atoms with E-state index in [0.29, 0.717) is 4.47 Å². The average Bonchev–Trinajstić information content (AvgIpc) is 2.94. The Morgan fingerprint density at radius 3 is 2.37 bits per heavy atom. The van der Waals surface area contributed by atoms with Gasteiger partial charge in [-0.1, -0.05) is 30.3 Å². The molecule has 0 aliphatic rings. The van der Waals surface area contributed by atoms with Gasteiger partial charge in [0.05, 0.1) is 0 Å². The van der Waals surface area contributed by atoms with Gasteiger partial charge >= 0.3 is 0 Å². The number of nitrogens with one attached hydrogen (secondary N) is 1. The van der Waals surface area contributed by atoms with Crippen molar-refractivity contribution in [3.63, 3.8) is 0 Å². The fourth-order valence-corrected chi connectivity index (χ4v) is 5.19.